The molecule has 8 heteroatoms. The molecule has 3 aliphatic rings. The van der Waals surface area contributed by atoms with Crippen molar-refractivity contribution in [3.8, 4) is 0 Å². The maximum absolute atomic E-state index is 13.3. The van der Waals surface area contributed by atoms with Crippen LogP contribution in [0, 0.1) is 5.82 Å². The third-order valence-electron chi connectivity index (χ3n) is 4.87. The van der Waals surface area contributed by atoms with Gasteiger partial charge in [-0.25, -0.2) is 9.07 Å². The monoisotopic (exact) mass is 349 g/mol. The summed E-state index contributed by atoms with van der Waals surface area (Å²) in [4.78, 5) is 20.3. The maximum atomic E-state index is 13.3. The quantitative estimate of drug-likeness (QED) is 0.839. The van der Waals surface area contributed by atoms with Gasteiger partial charge in [-0.05, 0) is 18.1 Å². The highest BCUT2D eigenvalue weighted by atomic mass is 35.5. The van der Waals surface area contributed by atoms with E-state index < -0.39 is 0 Å². The summed E-state index contributed by atoms with van der Waals surface area (Å²) in [7, 11) is 1.58. The number of rotatable bonds is 3. The number of hydrogen-bond acceptors (Lipinski definition) is 5. The van der Waals surface area contributed by atoms with E-state index in [1.807, 2.05) is 0 Å². The molecule has 0 amide bonds. The third-order valence-corrected chi connectivity index (χ3v) is 5.23. The number of anilines is 1. The molecular weight excluding hydrogens is 333 g/mol. The number of aromatic nitrogens is 3. The summed E-state index contributed by atoms with van der Waals surface area (Å²) < 4.78 is 14.5. The van der Waals surface area contributed by atoms with E-state index in [1.165, 1.54) is 16.9 Å². The van der Waals surface area contributed by atoms with Crippen LogP contribution in [0.2, 0.25) is 5.02 Å². The zero-order chi connectivity index (χ0) is 16.8. The maximum Gasteiger partial charge on any atom is 0.287 e. The number of halogens is 2. The van der Waals surface area contributed by atoms with Crippen molar-refractivity contribution in [1.29, 1.82) is 0 Å². The van der Waals surface area contributed by atoms with Gasteiger partial charge in [-0.2, -0.15) is 5.10 Å². The van der Waals surface area contributed by atoms with Crippen LogP contribution in [0.15, 0.2) is 29.5 Å². The van der Waals surface area contributed by atoms with Gasteiger partial charge in [0.15, 0.2) is 0 Å². The molecule has 6 nitrogen and oxygen atoms in total. The molecule has 3 aliphatic heterocycles. The Balaban J connectivity index is 1.49. The lowest BCUT2D eigenvalue weighted by Crippen LogP contribution is -2.68. The van der Waals surface area contributed by atoms with Crippen molar-refractivity contribution in [3.63, 3.8) is 0 Å². The molecule has 0 saturated carbocycles. The van der Waals surface area contributed by atoms with Crippen molar-refractivity contribution in [1.82, 2.24) is 19.7 Å². The van der Waals surface area contributed by atoms with Crippen LogP contribution < -0.4 is 10.5 Å². The lowest BCUT2D eigenvalue weighted by Gasteiger charge is -2.57. The van der Waals surface area contributed by atoms with Crippen LogP contribution in [0.25, 0.3) is 0 Å². The summed E-state index contributed by atoms with van der Waals surface area (Å²) in [6.07, 6.45) is 5.67. The van der Waals surface area contributed by atoms with E-state index in [4.69, 9.17) is 11.6 Å². The minimum atomic E-state index is -0.308. The minimum absolute atomic E-state index is 0.217. The fourth-order valence-electron chi connectivity index (χ4n) is 3.62. The molecule has 3 saturated heterocycles. The summed E-state index contributed by atoms with van der Waals surface area (Å²) in [5, 5.41) is 4.28. The van der Waals surface area contributed by atoms with Crippen molar-refractivity contribution >= 4 is 17.3 Å². The normalized spacial score (nSPS) is 23.2. The van der Waals surface area contributed by atoms with Crippen molar-refractivity contribution in [2.24, 2.45) is 7.05 Å². The van der Waals surface area contributed by atoms with Crippen LogP contribution in [0.3, 0.4) is 0 Å². The number of nitrogens with zero attached hydrogens (tertiary/aromatic N) is 5. The minimum Gasteiger partial charge on any atom is -0.366 e. The molecule has 2 bridgehead atoms. The predicted octanol–water partition coefficient (Wildman–Crippen LogP) is 1.43. The molecule has 2 aromatic heterocycles. The number of fused-ring (bicyclic) bond motifs is 2. The predicted molar refractivity (Wildman–Crippen MR) is 88.6 cm³/mol. The zero-order valence-corrected chi connectivity index (χ0v) is 13.9. The average Bonchev–Trinajstić information content (AvgIpc) is 2.58. The molecule has 126 valence electrons. The van der Waals surface area contributed by atoms with Crippen LogP contribution >= 0.6 is 11.6 Å². The largest absolute Gasteiger partial charge is 0.366 e. The van der Waals surface area contributed by atoms with Gasteiger partial charge in [0.25, 0.3) is 5.56 Å². The van der Waals surface area contributed by atoms with Crippen LogP contribution in [-0.2, 0) is 13.6 Å². The molecule has 0 spiro atoms. The molecule has 24 heavy (non-hydrogen) atoms. The summed E-state index contributed by atoms with van der Waals surface area (Å²) in [6, 6.07) is 2.26. The number of aryl methyl sites for hydroxylation is 1. The zero-order valence-electron chi connectivity index (χ0n) is 13.2. The highest BCUT2D eigenvalue weighted by Gasteiger charge is 2.44. The Labute approximate surface area is 143 Å². The van der Waals surface area contributed by atoms with Crippen LogP contribution in [0.5, 0.6) is 0 Å². The molecule has 2 atom stereocenters. The van der Waals surface area contributed by atoms with E-state index >= 15 is 0 Å². The van der Waals surface area contributed by atoms with Gasteiger partial charge in [0.05, 0.1) is 18.1 Å². The Hall–Kier alpha value is -1.99. The number of piperidine rings is 1. The van der Waals surface area contributed by atoms with Gasteiger partial charge in [0.1, 0.15) is 10.8 Å². The van der Waals surface area contributed by atoms with Gasteiger partial charge in [0, 0.05) is 45.0 Å². The van der Waals surface area contributed by atoms with Crippen molar-refractivity contribution in [3.05, 3.63) is 51.4 Å². The first kappa shape index (κ1) is 15.5. The first-order valence-corrected chi connectivity index (χ1v) is 8.22. The molecule has 0 aromatic carbocycles. The van der Waals surface area contributed by atoms with Gasteiger partial charge < -0.3 is 4.90 Å². The fourth-order valence-corrected chi connectivity index (χ4v) is 3.91. The Morgan fingerprint density at radius 1 is 1.29 bits per heavy atom. The highest BCUT2D eigenvalue weighted by molar-refractivity contribution is 6.33. The molecule has 2 unspecified atom stereocenters. The van der Waals surface area contributed by atoms with Crippen molar-refractivity contribution < 1.29 is 4.39 Å². The highest BCUT2D eigenvalue weighted by Crippen LogP contribution is 2.36. The lowest BCUT2D eigenvalue weighted by atomic mass is 9.86. The van der Waals surface area contributed by atoms with E-state index in [0.29, 0.717) is 24.3 Å². The molecule has 0 aliphatic carbocycles. The molecule has 3 fully saturated rings. The summed E-state index contributed by atoms with van der Waals surface area (Å²) in [5.74, 6) is -0.308. The summed E-state index contributed by atoms with van der Waals surface area (Å²) in [5.41, 5.74) is 1.30. The topological polar surface area (TPSA) is 54.3 Å². The molecule has 2 aromatic rings. The van der Waals surface area contributed by atoms with E-state index in [-0.39, 0.29) is 16.4 Å². The van der Waals surface area contributed by atoms with E-state index in [9.17, 15) is 9.18 Å². The Kier molecular flexibility index (Phi) is 3.77. The number of pyridine rings is 1. The number of piperazine rings is 1. The van der Waals surface area contributed by atoms with Gasteiger partial charge in [0.2, 0.25) is 0 Å². The van der Waals surface area contributed by atoms with Crippen molar-refractivity contribution in [2.45, 2.75) is 25.0 Å². The fraction of sp³-hybridized carbons (Fsp3) is 0.438. The molecular formula is C16H17ClFN5O. The van der Waals surface area contributed by atoms with Crippen LogP contribution in [0.1, 0.15) is 12.0 Å². The molecule has 5 rings (SSSR count). The van der Waals surface area contributed by atoms with Gasteiger partial charge in [-0.3, -0.25) is 14.7 Å². The summed E-state index contributed by atoms with van der Waals surface area (Å²) in [6.45, 7) is 2.26. The Morgan fingerprint density at radius 3 is 2.75 bits per heavy atom. The van der Waals surface area contributed by atoms with E-state index in [1.54, 1.807) is 19.4 Å². The Morgan fingerprint density at radius 2 is 2.04 bits per heavy atom. The van der Waals surface area contributed by atoms with Crippen molar-refractivity contribution in [2.75, 3.05) is 18.0 Å². The van der Waals surface area contributed by atoms with Gasteiger partial charge >= 0.3 is 0 Å². The average molecular weight is 350 g/mol. The van der Waals surface area contributed by atoms with Gasteiger partial charge in [-0.1, -0.05) is 11.6 Å². The second-order valence-corrected chi connectivity index (χ2v) is 6.78. The second-order valence-electron chi connectivity index (χ2n) is 6.40. The SMILES string of the molecule is Cn1ncc(N2CC3CC(C2)N3Cc2cncc(F)c2)c(Cl)c1=O. The van der Waals surface area contributed by atoms with Gasteiger partial charge in [-0.15, -0.1) is 0 Å². The lowest BCUT2D eigenvalue weighted by molar-refractivity contribution is -0.00860. The van der Waals surface area contributed by atoms with Crippen LogP contribution in [0.4, 0.5) is 10.1 Å². The van der Waals surface area contributed by atoms with E-state index in [0.717, 1.165) is 25.1 Å². The molecule has 0 radical (unpaired) electrons. The Bertz CT molecular complexity index is 829. The molecule has 5 heterocycles. The second kappa shape index (κ2) is 5.82. The third kappa shape index (κ3) is 2.57. The van der Waals surface area contributed by atoms with Crippen LogP contribution in [-0.4, -0.2) is 44.8 Å². The standard InChI is InChI=1S/C16H17ClFN5O/c1-21-16(24)15(17)14(6-20-21)22-8-12-3-13(9-22)23(12)7-10-2-11(18)5-19-4-10/h2,4-6,12-13H,3,7-9H2,1H3. The summed E-state index contributed by atoms with van der Waals surface area (Å²) >= 11 is 6.20. The van der Waals surface area contributed by atoms with E-state index in [2.05, 4.69) is 19.9 Å². The first-order chi connectivity index (χ1) is 11.5. The number of hydrogen-bond donors (Lipinski definition) is 0. The first-order valence-electron chi connectivity index (χ1n) is 7.85. The molecule has 0 N–H and O–H groups in total. The smallest absolute Gasteiger partial charge is 0.287 e.